The molecular formula is C11H18N4O2. The van der Waals surface area contributed by atoms with Crippen molar-refractivity contribution < 1.29 is 9.53 Å². The highest BCUT2D eigenvalue weighted by Crippen LogP contribution is 2.28. The van der Waals surface area contributed by atoms with Crippen LogP contribution in [0.4, 0.5) is 5.95 Å². The molecule has 0 aliphatic heterocycles. The van der Waals surface area contributed by atoms with Crippen LogP contribution in [0.25, 0.3) is 0 Å². The van der Waals surface area contributed by atoms with Crippen LogP contribution < -0.4 is 10.1 Å². The summed E-state index contributed by atoms with van der Waals surface area (Å²) in [6, 6.07) is 0.232. The summed E-state index contributed by atoms with van der Waals surface area (Å²) in [7, 11) is 1.48. The molecule has 2 rings (SSSR count). The minimum absolute atomic E-state index is 0.0179. The molecule has 1 saturated carbocycles. The molecule has 1 fully saturated rings. The fourth-order valence-corrected chi connectivity index (χ4v) is 2.22. The second-order valence-corrected chi connectivity index (χ2v) is 4.41. The minimum atomic E-state index is -0.0179. The van der Waals surface area contributed by atoms with Gasteiger partial charge in [-0.25, -0.2) is 5.10 Å². The van der Waals surface area contributed by atoms with Gasteiger partial charge in [-0.15, -0.1) is 5.10 Å². The quantitative estimate of drug-likeness (QED) is 0.818. The number of H-pyrrole nitrogens is 1. The van der Waals surface area contributed by atoms with E-state index >= 15 is 0 Å². The highest BCUT2D eigenvalue weighted by molar-refractivity contribution is 5.88. The molecule has 1 aromatic rings. The number of hydrogen-bond acceptors (Lipinski definition) is 4. The van der Waals surface area contributed by atoms with Crippen LogP contribution in [0, 0.1) is 5.92 Å². The molecule has 1 aromatic heterocycles. The summed E-state index contributed by atoms with van der Waals surface area (Å²) in [5.74, 6) is 1.05. The highest BCUT2D eigenvalue weighted by atomic mass is 16.5. The maximum atomic E-state index is 11.6. The number of carbonyl (C=O) groups is 1. The van der Waals surface area contributed by atoms with E-state index in [9.17, 15) is 4.79 Å². The second kappa shape index (κ2) is 5.65. The average Bonchev–Trinajstić information content (AvgIpc) is 2.97. The van der Waals surface area contributed by atoms with Crippen molar-refractivity contribution in [3.05, 3.63) is 0 Å². The van der Waals surface area contributed by atoms with E-state index in [1.165, 1.54) is 32.8 Å². The third-order valence-corrected chi connectivity index (χ3v) is 3.16. The molecule has 2 N–H and O–H groups in total. The van der Waals surface area contributed by atoms with Crippen LogP contribution in [0.1, 0.15) is 38.5 Å². The first kappa shape index (κ1) is 11.9. The van der Waals surface area contributed by atoms with Crippen LogP contribution in [0.5, 0.6) is 6.01 Å². The van der Waals surface area contributed by atoms with Crippen LogP contribution in [-0.2, 0) is 4.79 Å². The average molecular weight is 238 g/mol. The van der Waals surface area contributed by atoms with E-state index in [0.29, 0.717) is 12.4 Å². The largest absolute Gasteiger partial charge is 0.466 e. The van der Waals surface area contributed by atoms with Crippen molar-refractivity contribution in [1.82, 2.24) is 15.2 Å². The number of ether oxygens (including phenoxy) is 1. The third kappa shape index (κ3) is 3.44. The van der Waals surface area contributed by atoms with E-state index < -0.39 is 0 Å². The van der Waals surface area contributed by atoms with E-state index in [0.717, 1.165) is 12.3 Å². The van der Waals surface area contributed by atoms with Crippen LogP contribution in [0.2, 0.25) is 0 Å². The Bertz CT molecular complexity index is 371. The molecule has 6 heteroatoms. The van der Waals surface area contributed by atoms with E-state index in [2.05, 4.69) is 20.5 Å². The second-order valence-electron chi connectivity index (χ2n) is 4.41. The van der Waals surface area contributed by atoms with Gasteiger partial charge in [0.15, 0.2) is 0 Å². The summed E-state index contributed by atoms with van der Waals surface area (Å²) < 4.78 is 4.81. The third-order valence-electron chi connectivity index (χ3n) is 3.16. The number of anilines is 1. The summed E-state index contributed by atoms with van der Waals surface area (Å²) in [6.07, 6.45) is 6.68. The monoisotopic (exact) mass is 238 g/mol. The van der Waals surface area contributed by atoms with Gasteiger partial charge in [-0.05, 0) is 12.3 Å². The number of carbonyl (C=O) groups excluding carboxylic acids is 1. The van der Waals surface area contributed by atoms with Crippen LogP contribution in [-0.4, -0.2) is 28.2 Å². The van der Waals surface area contributed by atoms with Crippen molar-refractivity contribution >= 4 is 11.9 Å². The van der Waals surface area contributed by atoms with Crippen molar-refractivity contribution in [3.8, 4) is 6.01 Å². The van der Waals surface area contributed by atoms with Gasteiger partial charge in [0.2, 0.25) is 11.9 Å². The van der Waals surface area contributed by atoms with E-state index in [4.69, 9.17) is 4.74 Å². The van der Waals surface area contributed by atoms with Gasteiger partial charge in [0.25, 0.3) is 0 Å². The van der Waals surface area contributed by atoms with Crippen molar-refractivity contribution in [2.45, 2.75) is 38.5 Å². The first-order valence-electron chi connectivity index (χ1n) is 6.04. The molecule has 0 atom stereocenters. The predicted octanol–water partition coefficient (Wildman–Crippen LogP) is 1.72. The topological polar surface area (TPSA) is 79.9 Å². The van der Waals surface area contributed by atoms with E-state index in [-0.39, 0.29) is 11.9 Å². The Morgan fingerprint density at radius 2 is 2.29 bits per heavy atom. The molecule has 94 valence electrons. The minimum Gasteiger partial charge on any atom is -0.466 e. The van der Waals surface area contributed by atoms with Gasteiger partial charge in [0.05, 0.1) is 7.11 Å². The summed E-state index contributed by atoms with van der Waals surface area (Å²) in [5, 5.41) is 9.02. The zero-order valence-corrected chi connectivity index (χ0v) is 10.0. The fourth-order valence-electron chi connectivity index (χ4n) is 2.22. The zero-order chi connectivity index (χ0) is 12.1. The molecule has 0 saturated heterocycles. The van der Waals surface area contributed by atoms with Gasteiger partial charge in [0, 0.05) is 6.42 Å². The smallest absolute Gasteiger partial charge is 0.336 e. The van der Waals surface area contributed by atoms with Crippen molar-refractivity contribution in [2.24, 2.45) is 5.92 Å². The Morgan fingerprint density at radius 3 is 2.94 bits per heavy atom. The van der Waals surface area contributed by atoms with Gasteiger partial charge in [-0.2, -0.15) is 4.98 Å². The maximum absolute atomic E-state index is 11.6. The Hall–Kier alpha value is -1.59. The number of nitrogens with zero attached hydrogens (tertiary/aromatic N) is 2. The molecule has 0 radical (unpaired) electrons. The SMILES string of the molecule is COc1n[nH]c(NC(=O)CCC2CCCC2)n1. The lowest BCUT2D eigenvalue weighted by atomic mass is 10.0. The van der Waals surface area contributed by atoms with Gasteiger partial charge in [-0.3, -0.25) is 10.1 Å². The lowest BCUT2D eigenvalue weighted by Gasteiger charge is -2.07. The summed E-state index contributed by atoms with van der Waals surface area (Å²) in [4.78, 5) is 15.6. The number of amides is 1. The Kier molecular flexibility index (Phi) is 3.95. The van der Waals surface area contributed by atoms with Gasteiger partial charge in [-0.1, -0.05) is 25.7 Å². The molecule has 1 aliphatic carbocycles. The van der Waals surface area contributed by atoms with Crippen molar-refractivity contribution in [1.29, 1.82) is 0 Å². The van der Waals surface area contributed by atoms with Crippen LogP contribution in [0.3, 0.4) is 0 Å². The van der Waals surface area contributed by atoms with Crippen LogP contribution >= 0.6 is 0 Å². The molecule has 0 spiro atoms. The molecule has 6 nitrogen and oxygen atoms in total. The van der Waals surface area contributed by atoms with Crippen molar-refractivity contribution in [2.75, 3.05) is 12.4 Å². The van der Waals surface area contributed by atoms with Crippen molar-refractivity contribution in [3.63, 3.8) is 0 Å². The number of aromatic amines is 1. The first-order chi connectivity index (χ1) is 8.28. The number of nitrogens with one attached hydrogen (secondary N) is 2. The zero-order valence-electron chi connectivity index (χ0n) is 10.0. The number of rotatable bonds is 5. The Morgan fingerprint density at radius 1 is 1.53 bits per heavy atom. The number of aromatic nitrogens is 3. The van der Waals surface area contributed by atoms with Gasteiger partial charge in [0.1, 0.15) is 0 Å². The molecule has 1 amide bonds. The highest BCUT2D eigenvalue weighted by Gasteiger charge is 2.16. The predicted molar refractivity (Wildman–Crippen MR) is 62.8 cm³/mol. The molecule has 0 aromatic carbocycles. The fraction of sp³-hybridized carbons (Fsp3) is 0.727. The number of methoxy groups -OCH3 is 1. The molecule has 0 bridgehead atoms. The lowest BCUT2D eigenvalue weighted by molar-refractivity contribution is -0.116. The summed E-state index contributed by atoms with van der Waals surface area (Å²) in [5.41, 5.74) is 0. The van der Waals surface area contributed by atoms with E-state index in [1.807, 2.05) is 0 Å². The standard InChI is InChI=1S/C11H18N4O2/c1-17-11-13-10(14-15-11)12-9(16)7-6-8-4-2-3-5-8/h8H,2-7H2,1H3,(H2,12,13,14,15,16). The normalized spacial score (nSPS) is 16.1. The van der Waals surface area contributed by atoms with Crippen LogP contribution in [0.15, 0.2) is 0 Å². The van der Waals surface area contributed by atoms with E-state index in [1.54, 1.807) is 0 Å². The van der Waals surface area contributed by atoms with Gasteiger partial charge < -0.3 is 4.74 Å². The summed E-state index contributed by atoms with van der Waals surface area (Å²) >= 11 is 0. The lowest BCUT2D eigenvalue weighted by Crippen LogP contribution is -2.13. The summed E-state index contributed by atoms with van der Waals surface area (Å²) in [6.45, 7) is 0. The Balaban J connectivity index is 1.72. The molecule has 0 unspecified atom stereocenters. The molecule has 17 heavy (non-hydrogen) atoms. The molecule has 1 heterocycles. The molecular weight excluding hydrogens is 220 g/mol. The van der Waals surface area contributed by atoms with Gasteiger partial charge >= 0.3 is 6.01 Å². The molecule has 1 aliphatic rings. The number of hydrogen-bond donors (Lipinski definition) is 2. The maximum Gasteiger partial charge on any atom is 0.336 e. The Labute approximate surface area is 100 Å². The first-order valence-corrected chi connectivity index (χ1v) is 6.04.